The molecule has 23 nitrogen and oxygen atoms in total. The van der Waals surface area contributed by atoms with E-state index in [0.717, 1.165) is 33.2 Å². The number of ether oxygens (including phenoxy) is 1. The number of amides is 6. The zero-order valence-electron chi connectivity index (χ0n) is 39.6. The second kappa shape index (κ2) is 25.9. The van der Waals surface area contributed by atoms with Crippen LogP contribution in [0.5, 0.6) is 0 Å². The van der Waals surface area contributed by atoms with Crippen molar-refractivity contribution < 1.29 is 63.2 Å². The third-order valence-electron chi connectivity index (χ3n) is 11.7. The Bertz CT molecular complexity index is 2620. The van der Waals surface area contributed by atoms with Crippen molar-refractivity contribution in [2.75, 3.05) is 19.7 Å². The maximum Gasteiger partial charge on any atom is 0.407 e. The number of aromatic nitrogens is 1. The van der Waals surface area contributed by atoms with Crippen LogP contribution in [-0.2, 0) is 49.5 Å². The predicted molar refractivity (Wildman–Crippen MR) is 261 cm³/mol. The third kappa shape index (κ3) is 15.8. The Balaban J connectivity index is 1.28. The minimum Gasteiger partial charge on any atom is -0.481 e. The highest BCUT2D eigenvalue weighted by atomic mass is 16.5. The van der Waals surface area contributed by atoms with E-state index in [9.17, 15) is 53.4 Å². The van der Waals surface area contributed by atoms with Crippen molar-refractivity contribution in [3.8, 4) is 11.1 Å². The van der Waals surface area contributed by atoms with Crippen LogP contribution in [0.25, 0.3) is 22.0 Å². The van der Waals surface area contributed by atoms with Crippen molar-refractivity contribution in [3.63, 3.8) is 0 Å². The van der Waals surface area contributed by atoms with Gasteiger partial charge in [0.2, 0.25) is 29.5 Å². The van der Waals surface area contributed by atoms with E-state index in [2.05, 4.69) is 36.6 Å². The van der Waals surface area contributed by atoms with Gasteiger partial charge >= 0.3 is 24.0 Å². The van der Waals surface area contributed by atoms with Crippen LogP contribution in [0.2, 0.25) is 0 Å². The summed E-state index contributed by atoms with van der Waals surface area (Å²) in [6.45, 7) is 2.85. The number of aliphatic imine (C=N–C) groups is 1. The summed E-state index contributed by atoms with van der Waals surface area (Å²) in [7, 11) is 0. The molecule has 0 saturated heterocycles. The molecule has 0 saturated carbocycles. The number of aromatic amines is 1. The predicted octanol–water partition coefficient (Wildman–Crippen LogP) is 1.20. The second-order valence-corrected chi connectivity index (χ2v) is 17.6. The fourth-order valence-corrected chi connectivity index (χ4v) is 8.25. The van der Waals surface area contributed by atoms with Crippen LogP contribution in [0.1, 0.15) is 75.0 Å². The molecule has 3 aromatic carbocycles. The zero-order chi connectivity index (χ0) is 52.5. The van der Waals surface area contributed by atoms with Crippen molar-refractivity contribution in [1.82, 2.24) is 36.9 Å². The quantitative estimate of drug-likeness (QED) is 0.0227. The van der Waals surface area contributed by atoms with Gasteiger partial charge in [0.1, 0.15) is 36.8 Å². The van der Waals surface area contributed by atoms with Gasteiger partial charge in [0.25, 0.3) is 0 Å². The van der Waals surface area contributed by atoms with Crippen molar-refractivity contribution in [2.45, 2.75) is 94.9 Å². The van der Waals surface area contributed by atoms with E-state index in [1.165, 1.54) is 0 Å². The Hall–Kier alpha value is -8.50. The van der Waals surface area contributed by atoms with Crippen molar-refractivity contribution >= 4 is 70.4 Å². The Morgan fingerprint density at radius 1 is 0.681 bits per heavy atom. The number of nitrogens with zero attached hydrogens (tertiary/aromatic N) is 1. The molecule has 4 aromatic rings. The minimum absolute atomic E-state index is 0.00754. The number of H-pyrrole nitrogens is 1. The van der Waals surface area contributed by atoms with E-state index in [4.69, 9.17) is 21.3 Å². The number of guanidine groups is 1. The lowest BCUT2D eigenvalue weighted by molar-refractivity contribution is -0.147. The molecule has 1 heterocycles. The molecule has 0 spiro atoms. The summed E-state index contributed by atoms with van der Waals surface area (Å²) in [5.74, 6) is -9.97. The van der Waals surface area contributed by atoms with Crippen molar-refractivity contribution in [2.24, 2.45) is 22.4 Å². The molecular weight excluding hydrogens is 937 g/mol. The highest BCUT2D eigenvalue weighted by molar-refractivity contribution is 5.96. The number of carboxylic acid groups (broad SMARTS) is 3. The standard InChI is InChI=1S/C49H60N10O13/c1-26(2)20-37(43(65)54-24-40(60)55-35(16-9-19-52-48(50)51)44(66)56-36(17-18-41(61)62)45(67)58-39(47(69)70)22-42(63)64)57-46(68)38(21-27-23-53-34-15-8-7-10-28(27)34)59-49(71)72-25-33-31-13-5-3-11-29(31)30-12-4-6-14-32(30)33/h3-8,10-15,23,26,33,35-39,53H,9,16-22,24-25H2,1-2H3,(H,54,65)(H,55,60)(H,56,66)(H,57,68)(H,58,67)(H,59,71)(H,61,62)(H,63,64)(H,69,70)(H4,50,51,52)/t35-,36-,37-,38+,39-/m0/s1. The lowest BCUT2D eigenvalue weighted by Crippen LogP contribution is -2.57. The molecule has 0 fully saturated rings. The molecule has 0 bridgehead atoms. The van der Waals surface area contributed by atoms with Crippen LogP contribution in [-0.4, -0.2) is 130 Å². The number of fused-ring (bicyclic) bond motifs is 4. The number of hydrogen-bond acceptors (Lipinski definition) is 11. The summed E-state index contributed by atoms with van der Waals surface area (Å²) in [6.07, 6.45) is -1.39. The van der Waals surface area contributed by atoms with Crippen LogP contribution >= 0.6 is 0 Å². The lowest BCUT2D eigenvalue weighted by Gasteiger charge is -2.25. The van der Waals surface area contributed by atoms with Gasteiger partial charge in [0, 0.05) is 42.4 Å². The van der Waals surface area contributed by atoms with E-state index < -0.39 is 110 Å². The largest absolute Gasteiger partial charge is 0.481 e. The molecule has 5 atom stereocenters. The number of benzene rings is 3. The highest BCUT2D eigenvalue weighted by Gasteiger charge is 2.34. The number of carboxylic acids is 3. The molecule has 1 aliphatic carbocycles. The van der Waals surface area contributed by atoms with Crippen LogP contribution in [0.4, 0.5) is 4.79 Å². The molecule has 0 unspecified atom stereocenters. The van der Waals surface area contributed by atoms with Gasteiger partial charge in [-0.3, -0.25) is 38.6 Å². The molecule has 1 aromatic heterocycles. The SMILES string of the molecule is CC(C)C[C@H](NC(=O)[C@@H](Cc1c[nH]c2ccccc12)NC(=O)OCC1c2ccccc2-c2ccccc21)C(=O)NCC(=O)N[C@@H](CCCN=C(N)N)C(=O)N[C@@H](CCC(=O)O)C(=O)N[C@@H](CC(=O)O)C(=O)O. The van der Waals surface area contributed by atoms with E-state index in [1.54, 1.807) is 20.0 Å². The molecule has 14 N–H and O–H groups in total. The summed E-state index contributed by atoms with van der Waals surface area (Å²) < 4.78 is 5.80. The summed E-state index contributed by atoms with van der Waals surface area (Å²) in [6, 6.07) is 15.5. The maximum atomic E-state index is 14.3. The number of rotatable bonds is 27. The van der Waals surface area contributed by atoms with Crippen LogP contribution in [0.15, 0.2) is 84.0 Å². The average molecular weight is 997 g/mol. The van der Waals surface area contributed by atoms with Crippen molar-refractivity contribution in [3.05, 3.63) is 95.7 Å². The maximum absolute atomic E-state index is 14.3. The monoisotopic (exact) mass is 996 g/mol. The average Bonchev–Trinajstić information content (AvgIpc) is 3.89. The summed E-state index contributed by atoms with van der Waals surface area (Å²) in [5.41, 5.74) is 16.4. The molecule has 5 rings (SSSR count). The lowest BCUT2D eigenvalue weighted by atomic mass is 9.98. The van der Waals surface area contributed by atoms with Crippen LogP contribution in [0.3, 0.4) is 0 Å². The second-order valence-electron chi connectivity index (χ2n) is 17.6. The van der Waals surface area contributed by atoms with Crippen molar-refractivity contribution in [1.29, 1.82) is 0 Å². The first-order valence-corrected chi connectivity index (χ1v) is 23.2. The topological polar surface area (TPSA) is 376 Å². The normalized spacial score (nSPS) is 13.7. The van der Waals surface area contributed by atoms with Gasteiger partial charge in [-0.15, -0.1) is 0 Å². The molecule has 384 valence electrons. The number of nitrogens with two attached hydrogens (primary N) is 2. The molecule has 0 aliphatic heterocycles. The first-order valence-electron chi connectivity index (χ1n) is 23.2. The molecular formula is C49H60N10O13. The number of nitrogens with one attached hydrogen (secondary N) is 7. The van der Waals surface area contributed by atoms with Gasteiger partial charge in [-0.1, -0.05) is 80.6 Å². The van der Waals surface area contributed by atoms with E-state index in [1.807, 2.05) is 78.1 Å². The van der Waals surface area contributed by atoms with Gasteiger partial charge in [0.15, 0.2) is 5.96 Å². The number of carbonyl (C=O) groups excluding carboxylic acids is 6. The highest BCUT2D eigenvalue weighted by Crippen LogP contribution is 2.44. The number of alkyl carbamates (subject to hydrolysis) is 1. The Labute approximate surface area is 413 Å². The third-order valence-corrected chi connectivity index (χ3v) is 11.7. The summed E-state index contributed by atoms with van der Waals surface area (Å²) in [5, 5.41) is 43.3. The van der Waals surface area contributed by atoms with E-state index in [-0.39, 0.29) is 56.6 Å². The molecule has 1 aliphatic rings. The molecule has 0 radical (unpaired) electrons. The Morgan fingerprint density at radius 3 is 1.88 bits per heavy atom. The Kier molecular flexibility index (Phi) is 19.6. The van der Waals surface area contributed by atoms with E-state index in [0.29, 0.717) is 5.56 Å². The first-order chi connectivity index (χ1) is 34.3. The van der Waals surface area contributed by atoms with Crippen LogP contribution < -0.4 is 43.4 Å². The minimum atomic E-state index is -1.93. The van der Waals surface area contributed by atoms with Gasteiger partial charge in [0.05, 0.1) is 13.0 Å². The molecule has 23 heteroatoms. The first kappa shape index (κ1) is 54.4. The Morgan fingerprint density at radius 2 is 1.26 bits per heavy atom. The van der Waals surface area contributed by atoms with Gasteiger partial charge in [-0.05, 0) is 65.5 Å². The summed E-state index contributed by atoms with van der Waals surface area (Å²) in [4.78, 5) is 123. The number of carbonyl (C=O) groups is 9. The molecule has 6 amide bonds. The summed E-state index contributed by atoms with van der Waals surface area (Å²) >= 11 is 0. The van der Waals surface area contributed by atoms with Gasteiger partial charge < -0.3 is 68.4 Å². The fourth-order valence-electron chi connectivity index (χ4n) is 8.25. The number of hydrogen-bond donors (Lipinski definition) is 12. The molecule has 72 heavy (non-hydrogen) atoms. The zero-order valence-corrected chi connectivity index (χ0v) is 39.6. The van der Waals surface area contributed by atoms with Gasteiger partial charge in [-0.25, -0.2) is 9.59 Å². The fraction of sp³-hybridized carbons (Fsp3) is 0.388. The number of para-hydroxylation sites is 1. The smallest absolute Gasteiger partial charge is 0.407 e. The number of aliphatic carboxylic acids is 3. The van der Waals surface area contributed by atoms with Gasteiger partial charge in [-0.2, -0.15) is 0 Å². The van der Waals surface area contributed by atoms with E-state index >= 15 is 0 Å². The van der Waals surface area contributed by atoms with Crippen LogP contribution in [0, 0.1) is 5.92 Å².